The van der Waals surface area contributed by atoms with Gasteiger partial charge in [-0.15, -0.1) is 0 Å². The molecule has 6 nitrogen and oxygen atoms in total. The fourth-order valence-corrected chi connectivity index (χ4v) is 4.11. The highest BCUT2D eigenvalue weighted by molar-refractivity contribution is 6.30. The lowest BCUT2D eigenvalue weighted by Gasteiger charge is -2.29. The van der Waals surface area contributed by atoms with Crippen molar-refractivity contribution in [3.8, 4) is 11.4 Å². The van der Waals surface area contributed by atoms with Gasteiger partial charge in [0.25, 0.3) is 0 Å². The molecule has 4 rings (SSSR count). The summed E-state index contributed by atoms with van der Waals surface area (Å²) < 4.78 is 5.33. The number of hydrogen-bond acceptors (Lipinski definition) is 5. The number of amides is 1. The van der Waals surface area contributed by atoms with Gasteiger partial charge < -0.3 is 14.3 Å². The number of halogens is 1. The van der Waals surface area contributed by atoms with E-state index in [2.05, 4.69) is 39.3 Å². The van der Waals surface area contributed by atoms with Crippen LogP contribution in [0.5, 0.6) is 0 Å². The molecule has 2 aromatic carbocycles. The van der Waals surface area contributed by atoms with Gasteiger partial charge in [0, 0.05) is 55.8 Å². The normalized spacial score (nSPS) is 13.9. The fourth-order valence-electron chi connectivity index (χ4n) is 3.98. The van der Waals surface area contributed by atoms with E-state index in [0.29, 0.717) is 42.5 Å². The van der Waals surface area contributed by atoms with Crippen molar-refractivity contribution in [3.63, 3.8) is 0 Å². The summed E-state index contributed by atoms with van der Waals surface area (Å²) in [6.07, 6.45) is 5.55. The third-order valence-corrected chi connectivity index (χ3v) is 6.11. The molecule has 0 radical (unpaired) electrons. The first-order valence-corrected chi connectivity index (χ1v) is 11.6. The Balaban J connectivity index is 1.22. The molecule has 1 aliphatic heterocycles. The standard InChI is InChI=1S/C25H29ClN4O2/c1-29(18-19-8-14-22(15-9-19)30-16-3-2-4-17-30)24(31)7-5-6-23-27-25(28-32-23)20-10-12-21(26)13-11-20/h8-15H,2-7,16-18H2,1H3. The summed E-state index contributed by atoms with van der Waals surface area (Å²) in [6, 6.07) is 15.9. The summed E-state index contributed by atoms with van der Waals surface area (Å²) in [6.45, 7) is 2.89. The van der Waals surface area contributed by atoms with Crippen molar-refractivity contribution in [1.29, 1.82) is 0 Å². The van der Waals surface area contributed by atoms with Gasteiger partial charge >= 0.3 is 0 Å². The SMILES string of the molecule is CN(Cc1ccc(N2CCCCC2)cc1)C(=O)CCCc1nc(-c2ccc(Cl)cc2)no1. The second-order valence-electron chi connectivity index (χ2n) is 8.34. The van der Waals surface area contributed by atoms with Crippen LogP contribution in [0, 0.1) is 0 Å². The van der Waals surface area contributed by atoms with Gasteiger partial charge in [-0.25, -0.2) is 0 Å². The average Bonchev–Trinajstić information content (AvgIpc) is 3.29. The molecule has 1 saturated heterocycles. The van der Waals surface area contributed by atoms with Gasteiger partial charge in [0.05, 0.1) is 0 Å². The smallest absolute Gasteiger partial charge is 0.226 e. The number of hydrogen-bond donors (Lipinski definition) is 0. The predicted octanol–water partition coefficient (Wildman–Crippen LogP) is 5.36. The Labute approximate surface area is 194 Å². The van der Waals surface area contributed by atoms with Crippen molar-refractivity contribution >= 4 is 23.2 Å². The fraction of sp³-hybridized carbons (Fsp3) is 0.400. The first kappa shape index (κ1) is 22.3. The second kappa shape index (κ2) is 10.6. The van der Waals surface area contributed by atoms with Crippen molar-refractivity contribution in [2.24, 2.45) is 0 Å². The van der Waals surface area contributed by atoms with Gasteiger partial charge in [-0.1, -0.05) is 28.9 Å². The van der Waals surface area contributed by atoms with E-state index in [1.807, 2.05) is 19.2 Å². The Morgan fingerprint density at radius 2 is 1.78 bits per heavy atom. The van der Waals surface area contributed by atoms with Crippen LogP contribution in [0.25, 0.3) is 11.4 Å². The molecule has 2 heterocycles. The van der Waals surface area contributed by atoms with Gasteiger partial charge in [-0.2, -0.15) is 4.98 Å². The lowest BCUT2D eigenvalue weighted by Crippen LogP contribution is -2.29. The highest BCUT2D eigenvalue weighted by atomic mass is 35.5. The van der Waals surface area contributed by atoms with E-state index >= 15 is 0 Å². The number of carbonyl (C=O) groups is 1. The van der Waals surface area contributed by atoms with E-state index in [-0.39, 0.29) is 5.91 Å². The molecule has 168 valence electrons. The number of aryl methyl sites for hydroxylation is 1. The van der Waals surface area contributed by atoms with E-state index in [1.165, 1.54) is 24.9 Å². The molecule has 1 fully saturated rings. The van der Waals surface area contributed by atoms with Gasteiger partial charge in [-0.3, -0.25) is 4.79 Å². The molecule has 0 unspecified atom stereocenters. The van der Waals surface area contributed by atoms with Gasteiger partial charge in [0.2, 0.25) is 17.6 Å². The van der Waals surface area contributed by atoms with Crippen LogP contribution in [-0.4, -0.2) is 41.1 Å². The maximum atomic E-state index is 12.5. The molecule has 7 heteroatoms. The Bertz CT molecular complexity index is 1010. The van der Waals surface area contributed by atoms with Crippen molar-refractivity contribution < 1.29 is 9.32 Å². The molecule has 0 spiro atoms. The molecule has 0 aliphatic carbocycles. The minimum absolute atomic E-state index is 0.113. The monoisotopic (exact) mass is 452 g/mol. The molecule has 32 heavy (non-hydrogen) atoms. The van der Waals surface area contributed by atoms with Crippen LogP contribution < -0.4 is 4.90 Å². The van der Waals surface area contributed by atoms with Crippen LogP contribution in [0.1, 0.15) is 43.6 Å². The molecule has 1 aromatic heterocycles. The molecule has 3 aromatic rings. The highest BCUT2D eigenvalue weighted by Crippen LogP contribution is 2.21. The van der Waals surface area contributed by atoms with Crippen LogP contribution in [0.4, 0.5) is 5.69 Å². The highest BCUT2D eigenvalue weighted by Gasteiger charge is 2.14. The van der Waals surface area contributed by atoms with Crippen LogP contribution >= 0.6 is 11.6 Å². The largest absolute Gasteiger partial charge is 0.372 e. The Hall–Kier alpha value is -2.86. The lowest BCUT2D eigenvalue weighted by atomic mass is 10.1. The first-order valence-electron chi connectivity index (χ1n) is 11.2. The van der Waals surface area contributed by atoms with Crippen LogP contribution in [0.15, 0.2) is 53.1 Å². The Kier molecular flexibility index (Phi) is 7.43. The summed E-state index contributed by atoms with van der Waals surface area (Å²) >= 11 is 5.92. The van der Waals surface area contributed by atoms with Crippen LogP contribution in [0.3, 0.4) is 0 Å². The minimum atomic E-state index is 0.113. The van der Waals surface area contributed by atoms with E-state index in [1.54, 1.807) is 17.0 Å². The topological polar surface area (TPSA) is 62.5 Å². The summed E-state index contributed by atoms with van der Waals surface area (Å²) in [5.74, 6) is 1.19. The molecule has 1 amide bonds. The van der Waals surface area contributed by atoms with E-state index in [4.69, 9.17) is 16.1 Å². The molecular formula is C25H29ClN4O2. The van der Waals surface area contributed by atoms with Crippen LogP contribution in [-0.2, 0) is 17.8 Å². The molecule has 0 N–H and O–H groups in total. The molecule has 0 saturated carbocycles. The first-order chi connectivity index (χ1) is 15.6. The predicted molar refractivity (Wildman–Crippen MR) is 127 cm³/mol. The number of rotatable bonds is 8. The number of aromatic nitrogens is 2. The van der Waals surface area contributed by atoms with Crippen LogP contribution in [0.2, 0.25) is 5.02 Å². The summed E-state index contributed by atoms with van der Waals surface area (Å²) in [7, 11) is 1.85. The molecule has 1 aliphatic rings. The third-order valence-electron chi connectivity index (χ3n) is 5.85. The van der Waals surface area contributed by atoms with Crippen molar-refractivity contribution in [1.82, 2.24) is 15.0 Å². The third kappa shape index (κ3) is 5.88. The van der Waals surface area contributed by atoms with Gasteiger partial charge in [0.15, 0.2) is 0 Å². The Morgan fingerprint density at radius 1 is 1.06 bits per heavy atom. The zero-order valence-electron chi connectivity index (χ0n) is 18.5. The van der Waals surface area contributed by atoms with E-state index in [9.17, 15) is 4.79 Å². The number of piperidine rings is 1. The summed E-state index contributed by atoms with van der Waals surface area (Å²) in [4.78, 5) is 21.2. The van der Waals surface area contributed by atoms with Gasteiger partial charge in [-0.05, 0) is 67.6 Å². The van der Waals surface area contributed by atoms with E-state index in [0.717, 1.165) is 24.2 Å². The zero-order chi connectivity index (χ0) is 22.3. The molecular weight excluding hydrogens is 424 g/mol. The number of nitrogens with zero attached hydrogens (tertiary/aromatic N) is 4. The Morgan fingerprint density at radius 3 is 2.50 bits per heavy atom. The van der Waals surface area contributed by atoms with E-state index < -0.39 is 0 Å². The number of anilines is 1. The summed E-state index contributed by atoms with van der Waals surface area (Å²) in [5, 5.41) is 4.68. The lowest BCUT2D eigenvalue weighted by molar-refractivity contribution is -0.130. The minimum Gasteiger partial charge on any atom is -0.372 e. The number of carbonyl (C=O) groups excluding carboxylic acids is 1. The van der Waals surface area contributed by atoms with Crippen molar-refractivity contribution in [2.45, 2.75) is 45.1 Å². The summed E-state index contributed by atoms with van der Waals surface area (Å²) in [5.41, 5.74) is 3.28. The molecule has 0 atom stereocenters. The molecule has 0 bridgehead atoms. The second-order valence-corrected chi connectivity index (χ2v) is 8.77. The quantitative estimate of drug-likeness (QED) is 0.460. The van der Waals surface area contributed by atoms with Crippen molar-refractivity contribution in [2.75, 3.05) is 25.0 Å². The average molecular weight is 453 g/mol. The maximum Gasteiger partial charge on any atom is 0.226 e. The zero-order valence-corrected chi connectivity index (χ0v) is 19.2. The maximum absolute atomic E-state index is 12.5. The van der Waals surface area contributed by atoms with Crippen molar-refractivity contribution in [3.05, 3.63) is 65.0 Å². The number of benzene rings is 2. The van der Waals surface area contributed by atoms with Gasteiger partial charge in [0.1, 0.15) is 0 Å².